The first-order valence-electron chi connectivity index (χ1n) is 6.76. The number of carbonyl (C=O) groups excluding carboxylic acids is 1. The molecular formula is C16H14N4O. The van der Waals surface area contributed by atoms with Crippen molar-refractivity contribution in [1.82, 2.24) is 14.9 Å². The maximum atomic E-state index is 12.2. The Labute approximate surface area is 122 Å². The molecule has 1 aromatic carbocycles. The van der Waals surface area contributed by atoms with Gasteiger partial charge in [-0.2, -0.15) is 5.26 Å². The number of likely N-dealkylation sites (tertiary alicyclic amines) is 1. The average Bonchev–Trinajstić information content (AvgIpc) is 2.46. The Morgan fingerprint density at radius 3 is 2.62 bits per heavy atom. The lowest BCUT2D eigenvalue weighted by Gasteiger charge is -2.35. The van der Waals surface area contributed by atoms with Crippen LogP contribution in [0.3, 0.4) is 0 Å². The molecular weight excluding hydrogens is 264 g/mol. The van der Waals surface area contributed by atoms with Crippen LogP contribution in [0.4, 0.5) is 0 Å². The van der Waals surface area contributed by atoms with E-state index in [9.17, 15) is 4.79 Å². The molecule has 0 unspecified atom stereocenters. The molecule has 2 aromatic rings. The number of rotatable bonds is 2. The highest BCUT2D eigenvalue weighted by molar-refractivity contribution is 5.95. The Hall–Kier alpha value is -2.74. The van der Waals surface area contributed by atoms with Gasteiger partial charge in [-0.15, -0.1) is 0 Å². The van der Waals surface area contributed by atoms with Crippen LogP contribution in [-0.4, -0.2) is 33.9 Å². The zero-order valence-electron chi connectivity index (χ0n) is 11.7. The van der Waals surface area contributed by atoms with Gasteiger partial charge >= 0.3 is 0 Å². The third-order valence-electron chi connectivity index (χ3n) is 3.55. The number of carbonyl (C=O) groups is 1. The fourth-order valence-electron chi connectivity index (χ4n) is 2.31. The predicted molar refractivity (Wildman–Crippen MR) is 77.2 cm³/mol. The van der Waals surface area contributed by atoms with Crippen molar-refractivity contribution in [2.45, 2.75) is 6.92 Å². The summed E-state index contributed by atoms with van der Waals surface area (Å²) in [7, 11) is 0. The van der Waals surface area contributed by atoms with Gasteiger partial charge < -0.3 is 4.90 Å². The monoisotopic (exact) mass is 278 g/mol. The molecule has 1 aromatic heterocycles. The molecule has 1 saturated heterocycles. The second-order valence-corrected chi connectivity index (χ2v) is 5.10. The molecule has 5 heteroatoms. The molecule has 0 N–H and O–H groups in total. The predicted octanol–water partition coefficient (Wildman–Crippen LogP) is 2.05. The van der Waals surface area contributed by atoms with Crippen molar-refractivity contribution in [2.24, 2.45) is 5.92 Å². The van der Waals surface area contributed by atoms with Gasteiger partial charge in [0.05, 0.1) is 17.7 Å². The van der Waals surface area contributed by atoms with E-state index in [1.54, 1.807) is 23.2 Å². The van der Waals surface area contributed by atoms with Crippen molar-refractivity contribution in [3.05, 3.63) is 47.9 Å². The molecule has 0 bridgehead atoms. The number of aryl methyl sites for hydroxylation is 1. The molecule has 0 aliphatic carbocycles. The standard InChI is InChI=1S/C16H14N4O/c1-11-18-7-6-15(19-11)13-2-4-14(5-3-13)16(21)20-9-12(8-17)10-20/h2-7,12H,9-10H2,1H3. The van der Waals surface area contributed by atoms with E-state index in [0.717, 1.165) is 17.1 Å². The first-order valence-corrected chi connectivity index (χ1v) is 6.76. The van der Waals surface area contributed by atoms with Crippen LogP contribution in [0.5, 0.6) is 0 Å². The number of hydrogen-bond acceptors (Lipinski definition) is 4. The molecule has 0 atom stereocenters. The Kier molecular flexibility index (Phi) is 3.36. The van der Waals surface area contributed by atoms with Crippen LogP contribution in [0.15, 0.2) is 36.5 Å². The topological polar surface area (TPSA) is 69.9 Å². The van der Waals surface area contributed by atoms with Gasteiger partial charge in [-0.05, 0) is 25.1 Å². The Bertz CT molecular complexity index is 712. The van der Waals surface area contributed by atoms with Crippen LogP contribution in [-0.2, 0) is 0 Å². The van der Waals surface area contributed by atoms with Crippen LogP contribution in [0.25, 0.3) is 11.3 Å². The van der Waals surface area contributed by atoms with Gasteiger partial charge in [-0.3, -0.25) is 4.79 Å². The summed E-state index contributed by atoms with van der Waals surface area (Å²) in [4.78, 5) is 22.3. The van der Waals surface area contributed by atoms with Gasteiger partial charge in [0, 0.05) is 30.4 Å². The third-order valence-corrected chi connectivity index (χ3v) is 3.55. The lowest BCUT2D eigenvalue weighted by molar-refractivity contribution is 0.0577. The van der Waals surface area contributed by atoms with Crippen LogP contribution in [0.2, 0.25) is 0 Å². The third kappa shape index (κ3) is 2.61. The highest BCUT2D eigenvalue weighted by Gasteiger charge is 2.30. The maximum absolute atomic E-state index is 12.2. The van der Waals surface area contributed by atoms with E-state index in [2.05, 4.69) is 16.0 Å². The van der Waals surface area contributed by atoms with Gasteiger partial charge in [0.15, 0.2) is 0 Å². The van der Waals surface area contributed by atoms with Crippen LogP contribution in [0, 0.1) is 24.2 Å². The minimum atomic E-state index is -0.0214. The smallest absolute Gasteiger partial charge is 0.253 e. The molecule has 0 saturated carbocycles. The number of hydrogen-bond donors (Lipinski definition) is 0. The van der Waals surface area contributed by atoms with Gasteiger partial charge in [-0.25, -0.2) is 9.97 Å². The fraction of sp³-hybridized carbons (Fsp3) is 0.250. The number of nitriles is 1. The van der Waals surface area contributed by atoms with E-state index in [1.807, 2.05) is 25.1 Å². The summed E-state index contributed by atoms with van der Waals surface area (Å²) in [6.07, 6.45) is 1.72. The van der Waals surface area contributed by atoms with Crippen LogP contribution < -0.4 is 0 Å². The van der Waals surface area contributed by atoms with Gasteiger partial charge in [-0.1, -0.05) is 12.1 Å². The molecule has 1 aliphatic rings. The largest absolute Gasteiger partial charge is 0.336 e. The minimum absolute atomic E-state index is 0.0165. The zero-order chi connectivity index (χ0) is 14.8. The normalized spacial score (nSPS) is 14.4. The Morgan fingerprint density at radius 1 is 1.29 bits per heavy atom. The van der Waals surface area contributed by atoms with E-state index >= 15 is 0 Å². The Morgan fingerprint density at radius 2 is 2.00 bits per heavy atom. The summed E-state index contributed by atoms with van der Waals surface area (Å²) in [6.45, 7) is 2.90. The molecule has 1 aliphatic heterocycles. The minimum Gasteiger partial charge on any atom is -0.336 e. The van der Waals surface area contributed by atoms with Crippen molar-refractivity contribution >= 4 is 5.91 Å². The summed E-state index contributed by atoms with van der Waals surface area (Å²) in [5.74, 6) is 0.680. The van der Waals surface area contributed by atoms with E-state index < -0.39 is 0 Å². The number of aromatic nitrogens is 2. The molecule has 5 nitrogen and oxygen atoms in total. The fourth-order valence-corrected chi connectivity index (χ4v) is 2.31. The first kappa shape index (κ1) is 13.3. The van der Waals surface area contributed by atoms with E-state index in [4.69, 9.17) is 5.26 Å². The summed E-state index contributed by atoms with van der Waals surface area (Å²) in [5.41, 5.74) is 2.44. The molecule has 2 heterocycles. The first-order chi connectivity index (χ1) is 10.2. The van der Waals surface area contributed by atoms with E-state index in [1.165, 1.54) is 0 Å². The maximum Gasteiger partial charge on any atom is 0.253 e. The Balaban J connectivity index is 1.76. The number of amides is 1. The average molecular weight is 278 g/mol. The van der Waals surface area contributed by atoms with Crippen molar-refractivity contribution in [1.29, 1.82) is 5.26 Å². The molecule has 1 fully saturated rings. The quantitative estimate of drug-likeness (QED) is 0.843. The van der Waals surface area contributed by atoms with Crippen molar-refractivity contribution < 1.29 is 4.79 Å². The zero-order valence-corrected chi connectivity index (χ0v) is 11.7. The second kappa shape index (κ2) is 5.33. The second-order valence-electron chi connectivity index (χ2n) is 5.10. The van der Waals surface area contributed by atoms with E-state index in [-0.39, 0.29) is 11.8 Å². The molecule has 0 spiro atoms. The van der Waals surface area contributed by atoms with Gasteiger partial charge in [0.1, 0.15) is 5.82 Å². The van der Waals surface area contributed by atoms with Crippen LogP contribution >= 0.6 is 0 Å². The van der Waals surface area contributed by atoms with Crippen molar-refractivity contribution in [3.8, 4) is 17.3 Å². The molecule has 3 rings (SSSR count). The summed E-state index contributed by atoms with van der Waals surface area (Å²) < 4.78 is 0. The van der Waals surface area contributed by atoms with Crippen molar-refractivity contribution in [3.63, 3.8) is 0 Å². The summed E-state index contributed by atoms with van der Waals surface area (Å²) in [6, 6.07) is 11.4. The van der Waals surface area contributed by atoms with Gasteiger partial charge in [0.25, 0.3) is 5.91 Å². The summed E-state index contributed by atoms with van der Waals surface area (Å²) in [5, 5.41) is 8.74. The van der Waals surface area contributed by atoms with Gasteiger partial charge in [0.2, 0.25) is 0 Å². The molecule has 104 valence electrons. The lowest BCUT2D eigenvalue weighted by atomic mass is 10.00. The molecule has 0 radical (unpaired) electrons. The highest BCUT2D eigenvalue weighted by atomic mass is 16.2. The van der Waals surface area contributed by atoms with Crippen molar-refractivity contribution in [2.75, 3.05) is 13.1 Å². The summed E-state index contributed by atoms with van der Waals surface area (Å²) >= 11 is 0. The highest BCUT2D eigenvalue weighted by Crippen LogP contribution is 2.21. The van der Waals surface area contributed by atoms with Crippen LogP contribution in [0.1, 0.15) is 16.2 Å². The number of benzene rings is 1. The SMILES string of the molecule is Cc1nccc(-c2ccc(C(=O)N3CC(C#N)C3)cc2)n1. The molecule has 21 heavy (non-hydrogen) atoms. The molecule has 1 amide bonds. The lowest BCUT2D eigenvalue weighted by Crippen LogP contribution is -2.49. The number of nitrogens with zero attached hydrogens (tertiary/aromatic N) is 4. The van der Waals surface area contributed by atoms with E-state index in [0.29, 0.717) is 18.7 Å².